The van der Waals surface area contributed by atoms with Gasteiger partial charge in [-0.25, -0.2) is 27.0 Å². The monoisotopic (exact) mass is 707 g/mol. The Morgan fingerprint density at radius 1 is 1.10 bits per heavy atom. The average Bonchev–Trinajstić information content (AvgIpc) is 3.69. The molecule has 1 atom stereocenters. The van der Waals surface area contributed by atoms with Crippen molar-refractivity contribution in [1.82, 2.24) is 25.3 Å². The minimum atomic E-state index is -4.71. The van der Waals surface area contributed by atoms with Crippen LogP contribution in [0.4, 0.5) is 41.2 Å². The van der Waals surface area contributed by atoms with E-state index in [4.69, 9.17) is 9.15 Å². The summed E-state index contributed by atoms with van der Waals surface area (Å²) in [5.74, 6) is -8.16. The number of aromatic nitrogens is 4. The molecule has 0 fully saturated rings. The number of fused-ring (bicyclic) bond motifs is 1. The van der Waals surface area contributed by atoms with Crippen molar-refractivity contribution in [3.05, 3.63) is 76.9 Å². The molecule has 4 aromatic rings. The molecule has 1 aliphatic heterocycles. The number of hydrogen-bond donors (Lipinski definition) is 1. The van der Waals surface area contributed by atoms with Crippen LogP contribution in [0.3, 0.4) is 0 Å². The molecular weight excluding hydrogens is 679 g/mol. The fourth-order valence-electron chi connectivity index (χ4n) is 4.95. The van der Waals surface area contributed by atoms with Crippen molar-refractivity contribution in [2.24, 2.45) is 0 Å². The van der Waals surface area contributed by atoms with Crippen LogP contribution in [-0.2, 0) is 33.6 Å². The number of halogens is 7. The van der Waals surface area contributed by atoms with Gasteiger partial charge in [-0.2, -0.15) is 23.5 Å². The molecule has 1 N–H and O–H groups in total. The van der Waals surface area contributed by atoms with Gasteiger partial charge in [-0.05, 0) is 58.9 Å². The van der Waals surface area contributed by atoms with Gasteiger partial charge in [0.25, 0.3) is 11.8 Å². The Hall–Kier alpha value is -5.47. The Labute approximate surface area is 279 Å². The molecule has 1 unspecified atom stereocenters. The van der Waals surface area contributed by atoms with Gasteiger partial charge in [0.1, 0.15) is 28.7 Å². The minimum Gasteiger partial charge on any atom is -0.444 e. The van der Waals surface area contributed by atoms with Crippen LogP contribution in [0.15, 0.2) is 47.1 Å². The summed E-state index contributed by atoms with van der Waals surface area (Å²) >= 11 is 0. The van der Waals surface area contributed by atoms with Gasteiger partial charge >= 0.3 is 12.3 Å². The number of nitrogens with zero attached hydrogens (tertiary/aromatic N) is 6. The molecule has 0 aliphatic carbocycles. The van der Waals surface area contributed by atoms with E-state index in [0.717, 1.165) is 22.9 Å². The van der Waals surface area contributed by atoms with E-state index < -0.39 is 94.0 Å². The Morgan fingerprint density at radius 2 is 1.80 bits per heavy atom. The summed E-state index contributed by atoms with van der Waals surface area (Å²) in [4.78, 5) is 27.3. The first-order valence-corrected chi connectivity index (χ1v) is 14.8. The van der Waals surface area contributed by atoms with Gasteiger partial charge in [0.05, 0.1) is 41.3 Å². The lowest BCUT2D eigenvalue weighted by Gasteiger charge is -2.27. The normalized spacial score (nSPS) is 16.4. The fourth-order valence-corrected chi connectivity index (χ4v) is 4.95. The van der Waals surface area contributed by atoms with Crippen molar-refractivity contribution in [2.45, 2.75) is 76.7 Å². The molecule has 2 amide bonds. The van der Waals surface area contributed by atoms with Crippen LogP contribution in [0.25, 0.3) is 17.1 Å². The first kappa shape index (κ1) is 35.8. The average molecular weight is 708 g/mol. The van der Waals surface area contributed by atoms with Crippen LogP contribution in [0.1, 0.15) is 63.6 Å². The molecule has 0 spiro atoms. The number of ether oxygens (including phenoxy) is 1. The van der Waals surface area contributed by atoms with E-state index in [-0.39, 0.29) is 17.1 Å². The zero-order valence-electron chi connectivity index (χ0n) is 27.0. The van der Waals surface area contributed by atoms with Crippen molar-refractivity contribution in [1.29, 1.82) is 5.26 Å². The van der Waals surface area contributed by atoms with E-state index >= 15 is 17.6 Å². The minimum absolute atomic E-state index is 0.128. The summed E-state index contributed by atoms with van der Waals surface area (Å²) in [6, 6.07) is 4.37. The Bertz CT molecular complexity index is 2010. The van der Waals surface area contributed by atoms with Gasteiger partial charge in [0.2, 0.25) is 11.8 Å². The van der Waals surface area contributed by atoms with Crippen LogP contribution in [0.2, 0.25) is 0 Å². The smallest absolute Gasteiger partial charge is 0.419 e. The van der Waals surface area contributed by atoms with Crippen molar-refractivity contribution < 1.29 is 49.5 Å². The molecule has 0 radical (unpaired) electrons. The summed E-state index contributed by atoms with van der Waals surface area (Å²) in [6.07, 6.45) is -6.08. The number of carbonyl (C=O) groups is 2. The molecule has 18 heteroatoms. The van der Waals surface area contributed by atoms with E-state index in [9.17, 15) is 28.0 Å². The first-order valence-electron chi connectivity index (χ1n) is 14.8. The highest BCUT2D eigenvalue weighted by atomic mass is 19.4. The Morgan fingerprint density at radius 3 is 2.40 bits per heavy atom. The lowest BCUT2D eigenvalue weighted by molar-refractivity contribution is -0.137. The van der Waals surface area contributed by atoms with E-state index in [1.807, 2.05) is 6.07 Å². The predicted molar refractivity (Wildman–Crippen MR) is 160 cm³/mol. The predicted octanol–water partition coefficient (Wildman–Crippen LogP) is 6.94. The molecule has 11 nitrogen and oxygen atoms in total. The third-order valence-electron chi connectivity index (χ3n) is 7.49. The van der Waals surface area contributed by atoms with Crippen LogP contribution in [-0.4, -0.2) is 43.6 Å². The maximum Gasteiger partial charge on any atom is 0.419 e. The molecule has 1 aliphatic rings. The summed E-state index contributed by atoms with van der Waals surface area (Å²) in [5, 5.41) is 22.6. The molecule has 0 saturated heterocycles. The van der Waals surface area contributed by atoms with Crippen molar-refractivity contribution in [3.8, 4) is 23.2 Å². The number of benzene rings is 2. The van der Waals surface area contributed by atoms with Gasteiger partial charge in [-0.3, -0.25) is 4.79 Å². The maximum atomic E-state index is 15.9. The number of rotatable bonds is 6. The second-order valence-corrected chi connectivity index (χ2v) is 13.0. The first-order chi connectivity index (χ1) is 23.1. The Kier molecular flexibility index (Phi) is 8.92. The summed E-state index contributed by atoms with van der Waals surface area (Å²) in [5.41, 5.74) is -6.03. The Balaban J connectivity index is 1.61. The topological polar surface area (TPSA) is 139 Å². The van der Waals surface area contributed by atoms with E-state index in [2.05, 4.69) is 20.6 Å². The van der Waals surface area contributed by atoms with Crippen molar-refractivity contribution in [3.63, 3.8) is 0 Å². The van der Waals surface area contributed by atoms with Crippen LogP contribution >= 0.6 is 0 Å². The number of alkyl carbamates (subject to hydrolysis) is 1. The van der Waals surface area contributed by atoms with Gasteiger partial charge < -0.3 is 19.4 Å². The lowest BCUT2D eigenvalue weighted by atomic mass is 9.96. The summed E-state index contributed by atoms with van der Waals surface area (Å²) in [6.45, 7) is 6.62. The number of alkyl halides is 5. The van der Waals surface area contributed by atoms with E-state index in [1.165, 1.54) is 40.7 Å². The number of anilines is 1. The third kappa shape index (κ3) is 7.26. The standard InChI is InChI=1S/C32H28F7N7O4/c1-29(2,3)50-28(48)42-23-11-31(35,36)20-10-22(34)19(25-43-44-27(49-25)30(4,5)15-40)9-24(20)45(26(23)47)13-16-6-7-18(8-21(16)33)46-14-17(12-41-46)32(37,38)39/h6-10,12,14,23H,11,13H2,1-5H3,(H,42,48). The van der Waals surface area contributed by atoms with Crippen molar-refractivity contribution in [2.75, 3.05) is 4.90 Å². The van der Waals surface area contributed by atoms with Gasteiger partial charge in [-0.1, -0.05) is 6.07 Å². The number of amides is 2. The van der Waals surface area contributed by atoms with Gasteiger partial charge in [-0.15, -0.1) is 10.2 Å². The molecule has 2 aromatic carbocycles. The highest BCUT2D eigenvalue weighted by molar-refractivity contribution is 6.00. The SMILES string of the molecule is CC(C)(C)OC(=O)NC1CC(F)(F)c2cc(F)c(-c3nnc(C(C)(C)C#N)o3)cc2N(Cc2ccc(-n3cc(C(F)(F)F)cn3)cc2F)C1=O. The highest BCUT2D eigenvalue weighted by Crippen LogP contribution is 2.45. The fraction of sp³-hybridized carbons (Fsp3) is 0.375. The van der Waals surface area contributed by atoms with Gasteiger partial charge in [0, 0.05) is 23.7 Å². The summed E-state index contributed by atoms with van der Waals surface area (Å²) < 4.78 is 114. The highest BCUT2D eigenvalue weighted by Gasteiger charge is 2.47. The maximum absolute atomic E-state index is 15.9. The number of hydrogen-bond acceptors (Lipinski definition) is 8. The van der Waals surface area contributed by atoms with Crippen LogP contribution in [0.5, 0.6) is 0 Å². The van der Waals surface area contributed by atoms with E-state index in [0.29, 0.717) is 23.4 Å². The third-order valence-corrected chi connectivity index (χ3v) is 7.49. The number of nitriles is 1. The van der Waals surface area contributed by atoms with Gasteiger partial charge in [0.15, 0.2) is 0 Å². The molecular formula is C32H28F7N7O4. The molecule has 50 heavy (non-hydrogen) atoms. The zero-order chi connectivity index (χ0) is 37.0. The largest absolute Gasteiger partial charge is 0.444 e. The molecule has 2 aromatic heterocycles. The summed E-state index contributed by atoms with van der Waals surface area (Å²) in [7, 11) is 0. The zero-order valence-corrected chi connectivity index (χ0v) is 27.0. The van der Waals surface area contributed by atoms with Crippen molar-refractivity contribution >= 4 is 17.7 Å². The molecule has 3 heterocycles. The molecule has 264 valence electrons. The van der Waals surface area contributed by atoms with Crippen LogP contribution in [0, 0.1) is 23.0 Å². The second-order valence-electron chi connectivity index (χ2n) is 13.0. The molecule has 0 saturated carbocycles. The second kappa shape index (κ2) is 12.4. The molecule has 0 bridgehead atoms. The molecule has 5 rings (SSSR count). The quantitative estimate of drug-likeness (QED) is 0.213. The lowest BCUT2D eigenvalue weighted by Crippen LogP contribution is -2.49. The van der Waals surface area contributed by atoms with Crippen LogP contribution < -0.4 is 10.2 Å². The number of nitrogens with one attached hydrogen (secondary N) is 1. The number of carbonyl (C=O) groups excluding carboxylic acids is 2. The van der Waals surface area contributed by atoms with E-state index in [1.54, 1.807) is 0 Å².